The van der Waals surface area contributed by atoms with Crippen LogP contribution in [0.2, 0.25) is 15.1 Å². The topological polar surface area (TPSA) is 62.3 Å². The maximum Gasteiger partial charge on any atom is 0.255 e. The smallest absolute Gasteiger partial charge is 0.255 e. The van der Waals surface area contributed by atoms with Crippen LogP contribution in [0.15, 0.2) is 36.5 Å². The molecule has 1 N–H and O–H groups in total. The quantitative estimate of drug-likeness (QED) is 0.805. The predicted molar refractivity (Wildman–Crippen MR) is 103 cm³/mol. The van der Waals surface area contributed by atoms with E-state index in [0.29, 0.717) is 52.4 Å². The highest BCUT2D eigenvalue weighted by Crippen LogP contribution is 2.25. The average Bonchev–Trinajstić information content (AvgIpc) is 2.63. The monoisotopic (exact) mass is 411 g/mol. The number of nitrogens with zero attached hydrogens (tertiary/aromatic N) is 2. The van der Waals surface area contributed by atoms with Crippen LogP contribution in [-0.2, 0) is 4.79 Å². The van der Waals surface area contributed by atoms with Crippen LogP contribution in [0, 0.1) is 5.92 Å². The van der Waals surface area contributed by atoms with Gasteiger partial charge in [-0.05, 0) is 43.2 Å². The largest absolute Gasteiger partial charge is 0.339 e. The Bertz CT molecular complexity index is 819. The molecule has 0 saturated carbocycles. The molecular weight excluding hydrogens is 397 g/mol. The number of hydrogen-bond acceptors (Lipinski definition) is 3. The van der Waals surface area contributed by atoms with E-state index in [2.05, 4.69) is 10.3 Å². The minimum absolute atomic E-state index is 0.101. The van der Waals surface area contributed by atoms with Gasteiger partial charge in [0.2, 0.25) is 5.91 Å². The van der Waals surface area contributed by atoms with E-state index in [9.17, 15) is 9.59 Å². The first-order chi connectivity index (χ1) is 12.4. The van der Waals surface area contributed by atoms with Crippen molar-refractivity contribution in [2.75, 3.05) is 18.4 Å². The molecule has 136 valence electrons. The zero-order valence-electron chi connectivity index (χ0n) is 13.7. The summed E-state index contributed by atoms with van der Waals surface area (Å²) in [7, 11) is 0. The molecule has 3 rings (SSSR count). The van der Waals surface area contributed by atoms with Gasteiger partial charge < -0.3 is 10.2 Å². The van der Waals surface area contributed by atoms with Crippen LogP contribution in [0.5, 0.6) is 0 Å². The standard InChI is InChI=1S/C18H16Cl3N3O2/c19-12-1-3-14(15(21)9-12)18(26)24-7-5-11(6-8-24)17(25)23-16-4-2-13(20)10-22-16/h1-4,9-11H,5-8H2,(H,22,23,25). The first-order valence-electron chi connectivity index (χ1n) is 8.11. The maximum absolute atomic E-state index is 12.6. The summed E-state index contributed by atoms with van der Waals surface area (Å²) in [5, 5.41) is 4.11. The van der Waals surface area contributed by atoms with Gasteiger partial charge in [0.05, 0.1) is 15.6 Å². The Morgan fingerprint density at radius 3 is 2.35 bits per heavy atom. The molecule has 1 aliphatic heterocycles. The van der Waals surface area contributed by atoms with Gasteiger partial charge in [-0.15, -0.1) is 0 Å². The molecule has 2 aromatic rings. The number of anilines is 1. The van der Waals surface area contributed by atoms with Gasteiger partial charge in [0.1, 0.15) is 5.82 Å². The molecule has 1 aromatic carbocycles. The molecule has 0 unspecified atom stereocenters. The SMILES string of the molecule is O=C(Nc1ccc(Cl)cn1)C1CCN(C(=O)c2ccc(Cl)cc2Cl)CC1. The number of benzene rings is 1. The molecular formula is C18H16Cl3N3O2. The highest BCUT2D eigenvalue weighted by Gasteiger charge is 2.28. The van der Waals surface area contributed by atoms with Gasteiger partial charge in [-0.2, -0.15) is 0 Å². The van der Waals surface area contributed by atoms with E-state index in [1.165, 1.54) is 6.20 Å². The lowest BCUT2D eigenvalue weighted by molar-refractivity contribution is -0.121. The lowest BCUT2D eigenvalue weighted by Gasteiger charge is -2.31. The van der Waals surface area contributed by atoms with Gasteiger partial charge in [-0.1, -0.05) is 34.8 Å². The summed E-state index contributed by atoms with van der Waals surface area (Å²) in [6.07, 6.45) is 2.64. The third-order valence-electron chi connectivity index (χ3n) is 4.29. The summed E-state index contributed by atoms with van der Waals surface area (Å²) >= 11 is 17.8. The number of nitrogens with one attached hydrogen (secondary N) is 1. The molecule has 5 nitrogen and oxygen atoms in total. The zero-order valence-corrected chi connectivity index (χ0v) is 16.0. The van der Waals surface area contributed by atoms with Crippen molar-refractivity contribution in [2.24, 2.45) is 5.92 Å². The highest BCUT2D eigenvalue weighted by atomic mass is 35.5. The molecule has 1 saturated heterocycles. The molecule has 0 radical (unpaired) electrons. The van der Waals surface area contributed by atoms with Crippen molar-refractivity contribution < 1.29 is 9.59 Å². The van der Waals surface area contributed by atoms with E-state index in [1.807, 2.05) is 0 Å². The Balaban J connectivity index is 1.57. The van der Waals surface area contributed by atoms with Crippen molar-refractivity contribution in [3.8, 4) is 0 Å². The number of carbonyl (C=O) groups excluding carboxylic acids is 2. The summed E-state index contributed by atoms with van der Waals surface area (Å²) in [6, 6.07) is 8.14. The summed E-state index contributed by atoms with van der Waals surface area (Å²) in [5.74, 6) is 0.0457. The van der Waals surface area contributed by atoms with E-state index in [0.717, 1.165) is 0 Å². The Kier molecular flexibility index (Phi) is 6.01. The molecule has 0 spiro atoms. The molecule has 0 aliphatic carbocycles. The number of halogens is 3. The lowest BCUT2D eigenvalue weighted by Crippen LogP contribution is -2.41. The van der Waals surface area contributed by atoms with E-state index >= 15 is 0 Å². The summed E-state index contributed by atoms with van der Waals surface area (Å²) in [5.41, 5.74) is 0.421. The van der Waals surface area contributed by atoms with Gasteiger partial charge in [-0.3, -0.25) is 9.59 Å². The van der Waals surface area contributed by atoms with Crippen LogP contribution in [0.1, 0.15) is 23.2 Å². The number of hydrogen-bond donors (Lipinski definition) is 1. The van der Waals surface area contributed by atoms with Crippen molar-refractivity contribution in [3.05, 3.63) is 57.2 Å². The second-order valence-electron chi connectivity index (χ2n) is 6.04. The average molecular weight is 413 g/mol. The first-order valence-corrected chi connectivity index (χ1v) is 9.24. The predicted octanol–water partition coefficient (Wildman–Crippen LogP) is 4.53. The molecule has 8 heteroatoms. The molecule has 2 amide bonds. The Hall–Kier alpha value is -1.82. The fourth-order valence-corrected chi connectivity index (χ4v) is 3.46. The van der Waals surface area contributed by atoms with E-state index in [4.69, 9.17) is 34.8 Å². The van der Waals surface area contributed by atoms with Crippen molar-refractivity contribution >= 4 is 52.4 Å². The Morgan fingerprint density at radius 1 is 1.04 bits per heavy atom. The van der Waals surface area contributed by atoms with E-state index in [1.54, 1.807) is 35.2 Å². The normalized spacial score (nSPS) is 15.0. The van der Waals surface area contributed by atoms with Crippen LogP contribution in [0.4, 0.5) is 5.82 Å². The number of carbonyl (C=O) groups is 2. The molecule has 0 bridgehead atoms. The number of rotatable bonds is 3. The fraction of sp³-hybridized carbons (Fsp3) is 0.278. The number of pyridine rings is 1. The van der Waals surface area contributed by atoms with Gasteiger partial charge >= 0.3 is 0 Å². The van der Waals surface area contributed by atoms with Gasteiger partial charge in [0, 0.05) is 30.2 Å². The minimum atomic E-state index is -0.169. The van der Waals surface area contributed by atoms with Crippen LogP contribution in [0.25, 0.3) is 0 Å². The van der Waals surface area contributed by atoms with Crippen molar-refractivity contribution in [1.29, 1.82) is 0 Å². The Morgan fingerprint density at radius 2 is 1.73 bits per heavy atom. The van der Waals surface area contributed by atoms with E-state index in [-0.39, 0.29) is 17.7 Å². The van der Waals surface area contributed by atoms with E-state index < -0.39 is 0 Å². The van der Waals surface area contributed by atoms with Crippen molar-refractivity contribution in [1.82, 2.24) is 9.88 Å². The van der Waals surface area contributed by atoms with Gasteiger partial charge in [0.15, 0.2) is 0 Å². The Labute approximate surface area is 166 Å². The molecule has 2 heterocycles. The molecule has 1 aromatic heterocycles. The number of aromatic nitrogens is 1. The summed E-state index contributed by atoms with van der Waals surface area (Å²) < 4.78 is 0. The number of amides is 2. The van der Waals surface area contributed by atoms with Crippen LogP contribution in [0.3, 0.4) is 0 Å². The molecule has 0 atom stereocenters. The first kappa shape index (κ1) is 19.0. The summed E-state index contributed by atoms with van der Waals surface area (Å²) in [4.78, 5) is 30.7. The number of likely N-dealkylation sites (tertiary alicyclic amines) is 1. The van der Waals surface area contributed by atoms with Gasteiger partial charge in [0.25, 0.3) is 5.91 Å². The number of piperidine rings is 1. The third-order valence-corrected chi connectivity index (χ3v) is 5.06. The minimum Gasteiger partial charge on any atom is -0.339 e. The van der Waals surface area contributed by atoms with Crippen LogP contribution >= 0.6 is 34.8 Å². The summed E-state index contributed by atoms with van der Waals surface area (Å²) in [6.45, 7) is 0.980. The highest BCUT2D eigenvalue weighted by molar-refractivity contribution is 6.36. The lowest BCUT2D eigenvalue weighted by atomic mass is 9.95. The maximum atomic E-state index is 12.6. The second kappa shape index (κ2) is 8.25. The second-order valence-corrected chi connectivity index (χ2v) is 7.32. The van der Waals surface area contributed by atoms with Crippen molar-refractivity contribution in [2.45, 2.75) is 12.8 Å². The molecule has 1 aliphatic rings. The molecule has 1 fully saturated rings. The zero-order chi connectivity index (χ0) is 18.7. The van der Waals surface area contributed by atoms with Crippen molar-refractivity contribution in [3.63, 3.8) is 0 Å². The fourth-order valence-electron chi connectivity index (χ4n) is 2.86. The van der Waals surface area contributed by atoms with Crippen LogP contribution < -0.4 is 5.32 Å². The molecule has 26 heavy (non-hydrogen) atoms. The third kappa shape index (κ3) is 4.47. The van der Waals surface area contributed by atoms with Gasteiger partial charge in [-0.25, -0.2) is 4.98 Å². The van der Waals surface area contributed by atoms with Crippen LogP contribution in [-0.4, -0.2) is 34.8 Å².